The number of fused-ring (bicyclic) bond motifs is 3. The lowest BCUT2D eigenvalue weighted by molar-refractivity contribution is 0.158. The highest BCUT2D eigenvalue weighted by Gasteiger charge is 2.50. The SMILES string of the molecule is C1CC(c2nnc(N3C[C@@H]4C[C@@H]5COC[C@@H]5[C@@H]4C3)o2)C1. The Kier molecular flexibility index (Phi) is 2.42. The summed E-state index contributed by atoms with van der Waals surface area (Å²) in [5.74, 6) is 4.59. The van der Waals surface area contributed by atoms with Crippen molar-refractivity contribution < 1.29 is 9.15 Å². The Morgan fingerprint density at radius 1 is 1.00 bits per heavy atom. The van der Waals surface area contributed by atoms with Gasteiger partial charge in [0.1, 0.15) is 0 Å². The molecule has 3 heterocycles. The smallest absolute Gasteiger partial charge is 0.318 e. The molecule has 0 amide bonds. The average molecular weight is 275 g/mol. The van der Waals surface area contributed by atoms with Gasteiger partial charge in [-0.1, -0.05) is 11.5 Å². The molecule has 2 saturated carbocycles. The lowest BCUT2D eigenvalue weighted by atomic mass is 9.85. The molecule has 2 aliphatic heterocycles. The summed E-state index contributed by atoms with van der Waals surface area (Å²) in [6, 6.07) is 0.761. The van der Waals surface area contributed by atoms with Crippen LogP contribution in [0, 0.1) is 23.7 Å². The third kappa shape index (κ3) is 1.59. The Hall–Kier alpha value is -1.10. The maximum absolute atomic E-state index is 5.92. The second-order valence-electron chi connectivity index (χ2n) is 7.08. The second kappa shape index (κ2) is 4.20. The Morgan fingerprint density at radius 3 is 2.80 bits per heavy atom. The zero-order valence-corrected chi connectivity index (χ0v) is 11.7. The highest BCUT2D eigenvalue weighted by Crippen LogP contribution is 2.49. The van der Waals surface area contributed by atoms with Crippen LogP contribution in [0.4, 0.5) is 6.01 Å². The van der Waals surface area contributed by atoms with Gasteiger partial charge in [-0.05, 0) is 42.9 Å². The van der Waals surface area contributed by atoms with Crippen molar-refractivity contribution >= 4 is 6.01 Å². The Labute approximate surface area is 118 Å². The van der Waals surface area contributed by atoms with Crippen molar-refractivity contribution in [2.24, 2.45) is 23.7 Å². The number of ether oxygens (including phenoxy) is 1. The van der Waals surface area contributed by atoms with Gasteiger partial charge in [0, 0.05) is 25.6 Å². The summed E-state index contributed by atoms with van der Waals surface area (Å²) in [7, 11) is 0. The monoisotopic (exact) mass is 275 g/mol. The zero-order chi connectivity index (χ0) is 13.1. The van der Waals surface area contributed by atoms with E-state index in [-0.39, 0.29) is 0 Å². The van der Waals surface area contributed by atoms with Crippen LogP contribution in [0.3, 0.4) is 0 Å². The van der Waals surface area contributed by atoms with Crippen LogP contribution in [0.15, 0.2) is 4.42 Å². The number of rotatable bonds is 2. The molecule has 5 rings (SSSR count). The fourth-order valence-electron chi connectivity index (χ4n) is 4.68. The minimum atomic E-state index is 0.533. The van der Waals surface area contributed by atoms with Gasteiger partial charge in [-0.3, -0.25) is 0 Å². The maximum atomic E-state index is 5.92. The van der Waals surface area contributed by atoms with Crippen LogP contribution in [0.25, 0.3) is 0 Å². The summed E-state index contributed by atoms with van der Waals surface area (Å²) in [5, 5.41) is 8.55. The van der Waals surface area contributed by atoms with Crippen molar-refractivity contribution in [2.75, 3.05) is 31.2 Å². The minimum Gasteiger partial charge on any atom is -0.408 e. The third-order valence-corrected chi connectivity index (χ3v) is 6.05. The van der Waals surface area contributed by atoms with E-state index in [1.807, 2.05) is 0 Å². The van der Waals surface area contributed by atoms with E-state index in [1.165, 1.54) is 25.7 Å². The van der Waals surface area contributed by atoms with E-state index in [0.29, 0.717) is 5.92 Å². The molecule has 0 aromatic carbocycles. The largest absolute Gasteiger partial charge is 0.408 e. The molecule has 20 heavy (non-hydrogen) atoms. The Bertz CT molecular complexity index is 513. The van der Waals surface area contributed by atoms with E-state index >= 15 is 0 Å². The lowest BCUT2D eigenvalue weighted by Gasteiger charge is -2.21. The van der Waals surface area contributed by atoms with Gasteiger partial charge in [0.2, 0.25) is 5.89 Å². The molecular formula is C15H21N3O2. The number of anilines is 1. The van der Waals surface area contributed by atoms with E-state index in [2.05, 4.69) is 15.1 Å². The van der Waals surface area contributed by atoms with Crippen LogP contribution in [0.1, 0.15) is 37.5 Å². The standard InChI is InChI=1S/C15H21N3O2/c1-2-9(3-1)14-16-17-15(20-14)18-5-10-4-11-7-19-8-13(11)12(10)6-18/h9-13H,1-8H2/t10-,11+,12+,13-/m0/s1. The van der Waals surface area contributed by atoms with Crippen molar-refractivity contribution in [1.82, 2.24) is 10.2 Å². The number of aromatic nitrogens is 2. The van der Waals surface area contributed by atoms with Crippen molar-refractivity contribution in [3.05, 3.63) is 5.89 Å². The van der Waals surface area contributed by atoms with Gasteiger partial charge in [-0.2, -0.15) is 0 Å². The third-order valence-electron chi connectivity index (χ3n) is 6.05. The molecule has 0 bridgehead atoms. The molecule has 0 unspecified atom stereocenters. The van der Waals surface area contributed by atoms with Crippen LogP contribution >= 0.6 is 0 Å². The van der Waals surface area contributed by atoms with E-state index < -0.39 is 0 Å². The summed E-state index contributed by atoms with van der Waals surface area (Å²) < 4.78 is 11.6. The molecule has 1 aromatic heterocycles. The molecule has 4 aliphatic rings. The molecule has 5 heteroatoms. The average Bonchev–Trinajstić information content (AvgIpc) is 3.03. The van der Waals surface area contributed by atoms with Crippen molar-refractivity contribution in [1.29, 1.82) is 0 Å². The molecular weight excluding hydrogens is 254 g/mol. The highest BCUT2D eigenvalue weighted by atomic mass is 16.5. The van der Waals surface area contributed by atoms with Gasteiger partial charge in [-0.15, -0.1) is 5.10 Å². The van der Waals surface area contributed by atoms with Gasteiger partial charge >= 0.3 is 6.01 Å². The Morgan fingerprint density at radius 2 is 1.95 bits per heavy atom. The highest BCUT2D eigenvalue weighted by molar-refractivity contribution is 5.29. The van der Waals surface area contributed by atoms with Gasteiger partial charge in [0.15, 0.2) is 0 Å². The molecule has 0 radical (unpaired) electrons. The van der Waals surface area contributed by atoms with Crippen molar-refractivity contribution in [3.63, 3.8) is 0 Å². The van der Waals surface area contributed by atoms with E-state index in [1.54, 1.807) is 0 Å². The van der Waals surface area contributed by atoms with Gasteiger partial charge in [0.05, 0.1) is 6.61 Å². The van der Waals surface area contributed by atoms with Crippen LogP contribution < -0.4 is 4.90 Å². The first-order chi connectivity index (χ1) is 9.88. The summed E-state index contributed by atoms with van der Waals surface area (Å²) in [4.78, 5) is 2.32. The predicted octanol–water partition coefficient (Wildman–Crippen LogP) is 2.06. The van der Waals surface area contributed by atoms with Crippen LogP contribution in [0.5, 0.6) is 0 Å². The fourth-order valence-corrected chi connectivity index (χ4v) is 4.68. The first kappa shape index (κ1) is 11.5. The molecule has 108 valence electrons. The molecule has 4 atom stereocenters. The Balaban J connectivity index is 1.32. The van der Waals surface area contributed by atoms with Crippen molar-refractivity contribution in [3.8, 4) is 0 Å². The van der Waals surface area contributed by atoms with Crippen LogP contribution in [0.2, 0.25) is 0 Å². The molecule has 5 nitrogen and oxygen atoms in total. The topological polar surface area (TPSA) is 51.4 Å². The van der Waals surface area contributed by atoms with E-state index in [0.717, 1.165) is 61.9 Å². The maximum Gasteiger partial charge on any atom is 0.318 e. The number of hydrogen-bond acceptors (Lipinski definition) is 5. The first-order valence-corrected chi connectivity index (χ1v) is 8.04. The van der Waals surface area contributed by atoms with Crippen LogP contribution in [-0.2, 0) is 4.74 Å². The molecule has 4 fully saturated rings. The van der Waals surface area contributed by atoms with E-state index in [9.17, 15) is 0 Å². The number of nitrogens with zero attached hydrogens (tertiary/aromatic N) is 3. The quantitative estimate of drug-likeness (QED) is 0.827. The van der Waals surface area contributed by atoms with Crippen molar-refractivity contribution in [2.45, 2.75) is 31.6 Å². The second-order valence-corrected chi connectivity index (χ2v) is 7.08. The molecule has 2 aliphatic carbocycles. The summed E-state index contributed by atoms with van der Waals surface area (Å²) in [6.45, 7) is 4.15. The van der Waals surface area contributed by atoms with Crippen LogP contribution in [-0.4, -0.2) is 36.5 Å². The van der Waals surface area contributed by atoms with Gasteiger partial charge < -0.3 is 14.1 Å². The first-order valence-electron chi connectivity index (χ1n) is 8.04. The molecule has 0 N–H and O–H groups in total. The van der Waals surface area contributed by atoms with Gasteiger partial charge in [-0.25, -0.2) is 0 Å². The summed E-state index contributed by atoms with van der Waals surface area (Å²) in [6.07, 6.45) is 5.07. The fraction of sp³-hybridized carbons (Fsp3) is 0.867. The molecule has 2 saturated heterocycles. The number of hydrogen-bond donors (Lipinski definition) is 0. The summed E-state index contributed by atoms with van der Waals surface area (Å²) in [5.41, 5.74) is 0. The normalized spacial score (nSPS) is 39.9. The molecule has 0 spiro atoms. The molecule has 1 aromatic rings. The predicted molar refractivity (Wildman–Crippen MR) is 72.5 cm³/mol. The minimum absolute atomic E-state index is 0.533. The van der Waals surface area contributed by atoms with Gasteiger partial charge in [0.25, 0.3) is 0 Å². The zero-order valence-electron chi connectivity index (χ0n) is 11.7. The summed E-state index contributed by atoms with van der Waals surface area (Å²) >= 11 is 0. The lowest BCUT2D eigenvalue weighted by Crippen LogP contribution is -2.25. The van der Waals surface area contributed by atoms with E-state index in [4.69, 9.17) is 9.15 Å².